The highest BCUT2D eigenvalue weighted by Crippen LogP contribution is 2.15. The molecule has 100 valence electrons. The summed E-state index contributed by atoms with van der Waals surface area (Å²) in [6, 6.07) is 6.79. The maximum absolute atomic E-state index is 11.6. The number of aromatic amines is 1. The zero-order valence-electron chi connectivity index (χ0n) is 10.0. The van der Waals surface area contributed by atoms with Crippen LogP contribution in [-0.2, 0) is 11.3 Å². The fraction of sp³-hybridized carbons (Fsp3) is 0.167. The summed E-state index contributed by atoms with van der Waals surface area (Å²) >= 11 is 5.74. The van der Waals surface area contributed by atoms with Crippen LogP contribution < -0.4 is 15.8 Å². The van der Waals surface area contributed by atoms with Gasteiger partial charge in [0.15, 0.2) is 6.61 Å². The van der Waals surface area contributed by atoms with E-state index in [-0.39, 0.29) is 12.5 Å². The third-order valence-corrected chi connectivity index (χ3v) is 2.66. The number of benzene rings is 1. The van der Waals surface area contributed by atoms with Crippen molar-refractivity contribution < 1.29 is 9.53 Å². The van der Waals surface area contributed by atoms with E-state index in [1.807, 2.05) is 0 Å². The van der Waals surface area contributed by atoms with Crippen molar-refractivity contribution in [2.75, 3.05) is 12.3 Å². The molecule has 0 unspecified atom stereocenters. The zero-order valence-corrected chi connectivity index (χ0v) is 10.8. The topological polar surface area (TPSA) is 93.0 Å². The Labute approximate surface area is 114 Å². The van der Waals surface area contributed by atoms with Crippen LogP contribution in [0, 0.1) is 0 Å². The van der Waals surface area contributed by atoms with E-state index in [0.29, 0.717) is 23.1 Å². The van der Waals surface area contributed by atoms with Gasteiger partial charge in [0.05, 0.1) is 6.20 Å². The first kappa shape index (κ1) is 13.2. The summed E-state index contributed by atoms with van der Waals surface area (Å²) in [5.41, 5.74) is 6.33. The van der Waals surface area contributed by atoms with Crippen LogP contribution in [0.15, 0.2) is 30.5 Å². The van der Waals surface area contributed by atoms with Gasteiger partial charge in [-0.05, 0) is 24.3 Å². The Kier molecular flexibility index (Phi) is 4.25. The Balaban J connectivity index is 1.76. The van der Waals surface area contributed by atoms with Crippen LogP contribution in [0.25, 0.3) is 0 Å². The number of hydrogen-bond donors (Lipinski definition) is 3. The maximum atomic E-state index is 11.6. The second-order valence-electron chi connectivity index (χ2n) is 3.83. The number of hydrogen-bond acceptors (Lipinski definition) is 4. The number of nitrogen functional groups attached to an aromatic ring is 1. The molecule has 2 aromatic rings. The number of carbonyl (C=O) groups excluding carboxylic acids is 1. The predicted molar refractivity (Wildman–Crippen MR) is 71.8 cm³/mol. The lowest BCUT2D eigenvalue weighted by atomic mass is 10.3. The molecule has 6 nitrogen and oxygen atoms in total. The standard InChI is InChI=1S/C12H13ClN4O2/c13-9-1-3-10(4-2-9)19-7-11(18)15-5-8-6-16-17-12(8)14/h1-4,6H,5,7H2,(H,15,18)(H3,14,16,17). The Bertz CT molecular complexity index is 553. The molecule has 0 aliphatic heterocycles. The third-order valence-electron chi connectivity index (χ3n) is 2.41. The molecule has 1 amide bonds. The molecule has 0 aliphatic rings. The van der Waals surface area contributed by atoms with Crippen molar-refractivity contribution in [3.63, 3.8) is 0 Å². The van der Waals surface area contributed by atoms with Crippen LogP contribution >= 0.6 is 11.6 Å². The average Bonchev–Trinajstić information content (AvgIpc) is 2.81. The summed E-state index contributed by atoms with van der Waals surface area (Å²) in [7, 11) is 0. The van der Waals surface area contributed by atoms with Gasteiger partial charge in [-0.2, -0.15) is 5.10 Å². The van der Waals surface area contributed by atoms with Crippen LogP contribution in [0.1, 0.15) is 5.56 Å². The number of anilines is 1. The molecule has 0 fully saturated rings. The summed E-state index contributed by atoms with van der Waals surface area (Å²) in [6.45, 7) is 0.241. The smallest absolute Gasteiger partial charge is 0.258 e. The van der Waals surface area contributed by atoms with Crippen molar-refractivity contribution >= 4 is 23.3 Å². The number of amides is 1. The highest BCUT2D eigenvalue weighted by Gasteiger charge is 2.05. The minimum Gasteiger partial charge on any atom is -0.484 e. The normalized spacial score (nSPS) is 10.2. The highest BCUT2D eigenvalue weighted by atomic mass is 35.5. The Morgan fingerprint density at radius 1 is 1.42 bits per heavy atom. The van der Waals surface area contributed by atoms with E-state index < -0.39 is 0 Å². The highest BCUT2D eigenvalue weighted by molar-refractivity contribution is 6.30. The van der Waals surface area contributed by atoms with Gasteiger partial charge in [-0.1, -0.05) is 11.6 Å². The van der Waals surface area contributed by atoms with E-state index in [0.717, 1.165) is 5.56 Å². The molecule has 0 saturated carbocycles. The number of carbonyl (C=O) groups is 1. The SMILES string of the molecule is Nc1[nH]ncc1CNC(=O)COc1ccc(Cl)cc1. The number of nitrogens with one attached hydrogen (secondary N) is 2. The van der Waals surface area contributed by atoms with E-state index in [1.165, 1.54) is 0 Å². The molecule has 1 heterocycles. The Hall–Kier alpha value is -2.21. The van der Waals surface area contributed by atoms with E-state index in [4.69, 9.17) is 22.1 Å². The summed E-state index contributed by atoms with van der Waals surface area (Å²) in [5.74, 6) is 0.789. The van der Waals surface area contributed by atoms with Crippen molar-refractivity contribution in [3.8, 4) is 5.75 Å². The number of nitrogens with zero attached hydrogens (tertiary/aromatic N) is 1. The summed E-state index contributed by atoms with van der Waals surface area (Å²) in [4.78, 5) is 11.6. The Morgan fingerprint density at radius 2 is 2.16 bits per heavy atom. The fourth-order valence-electron chi connectivity index (χ4n) is 1.39. The first-order valence-corrected chi connectivity index (χ1v) is 5.96. The molecule has 0 atom stereocenters. The lowest BCUT2D eigenvalue weighted by molar-refractivity contribution is -0.123. The van der Waals surface area contributed by atoms with E-state index in [1.54, 1.807) is 30.5 Å². The number of nitrogens with two attached hydrogens (primary N) is 1. The van der Waals surface area contributed by atoms with Gasteiger partial charge in [0, 0.05) is 17.1 Å². The van der Waals surface area contributed by atoms with Gasteiger partial charge in [-0.15, -0.1) is 0 Å². The number of rotatable bonds is 5. The number of H-pyrrole nitrogens is 1. The largest absolute Gasteiger partial charge is 0.484 e. The monoisotopic (exact) mass is 280 g/mol. The molecular formula is C12H13ClN4O2. The average molecular weight is 281 g/mol. The lowest BCUT2D eigenvalue weighted by Crippen LogP contribution is -2.28. The number of halogens is 1. The molecule has 7 heteroatoms. The van der Waals surface area contributed by atoms with Gasteiger partial charge in [-0.3, -0.25) is 9.89 Å². The van der Waals surface area contributed by atoms with Crippen molar-refractivity contribution in [2.45, 2.75) is 6.54 Å². The molecule has 0 saturated heterocycles. The van der Waals surface area contributed by atoms with Gasteiger partial charge in [0.2, 0.25) is 0 Å². The van der Waals surface area contributed by atoms with Gasteiger partial charge in [0.1, 0.15) is 11.6 Å². The summed E-state index contributed by atoms with van der Waals surface area (Å²) < 4.78 is 5.30. The van der Waals surface area contributed by atoms with Crippen LogP contribution in [0.2, 0.25) is 5.02 Å². The van der Waals surface area contributed by atoms with Crippen LogP contribution in [0.3, 0.4) is 0 Å². The second kappa shape index (κ2) is 6.10. The predicted octanol–water partition coefficient (Wildman–Crippen LogP) is 1.34. The first-order chi connectivity index (χ1) is 9.15. The van der Waals surface area contributed by atoms with Crippen molar-refractivity contribution in [1.29, 1.82) is 0 Å². The van der Waals surface area contributed by atoms with Crippen LogP contribution in [0.5, 0.6) is 5.75 Å². The molecule has 2 rings (SSSR count). The second-order valence-corrected chi connectivity index (χ2v) is 4.26. The van der Waals surface area contributed by atoms with Gasteiger partial charge in [0.25, 0.3) is 5.91 Å². The van der Waals surface area contributed by atoms with Gasteiger partial charge < -0.3 is 15.8 Å². The molecule has 0 aliphatic carbocycles. The van der Waals surface area contributed by atoms with Crippen LogP contribution in [0.4, 0.5) is 5.82 Å². The lowest BCUT2D eigenvalue weighted by Gasteiger charge is -2.07. The van der Waals surface area contributed by atoms with Gasteiger partial charge in [-0.25, -0.2) is 0 Å². The molecule has 0 radical (unpaired) electrons. The summed E-state index contributed by atoms with van der Waals surface area (Å²) in [5, 5.41) is 9.64. The number of aromatic nitrogens is 2. The van der Waals surface area contributed by atoms with Crippen LogP contribution in [-0.4, -0.2) is 22.7 Å². The van der Waals surface area contributed by atoms with Crippen molar-refractivity contribution in [1.82, 2.24) is 15.5 Å². The molecule has 1 aromatic carbocycles. The molecule has 0 bridgehead atoms. The minimum atomic E-state index is -0.240. The minimum absolute atomic E-state index is 0.0701. The third kappa shape index (κ3) is 3.89. The maximum Gasteiger partial charge on any atom is 0.258 e. The molecule has 19 heavy (non-hydrogen) atoms. The van der Waals surface area contributed by atoms with Gasteiger partial charge >= 0.3 is 0 Å². The summed E-state index contributed by atoms with van der Waals surface area (Å²) in [6.07, 6.45) is 1.57. The van der Waals surface area contributed by atoms with E-state index in [2.05, 4.69) is 15.5 Å². The molecule has 1 aromatic heterocycles. The number of ether oxygens (including phenoxy) is 1. The quantitative estimate of drug-likeness (QED) is 0.770. The zero-order chi connectivity index (χ0) is 13.7. The molecular weight excluding hydrogens is 268 g/mol. The molecule has 0 spiro atoms. The van der Waals surface area contributed by atoms with Crippen molar-refractivity contribution in [2.24, 2.45) is 0 Å². The van der Waals surface area contributed by atoms with E-state index >= 15 is 0 Å². The fourth-order valence-corrected chi connectivity index (χ4v) is 1.51. The Morgan fingerprint density at radius 3 is 2.79 bits per heavy atom. The first-order valence-electron chi connectivity index (χ1n) is 5.58. The van der Waals surface area contributed by atoms with Crippen molar-refractivity contribution in [3.05, 3.63) is 41.0 Å². The molecule has 4 N–H and O–H groups in total. The van der Waals surface area contributed by atoms with E-state index in [9.17, 15) is 4.79 Å².